The molecule has 3 aromatic rings. The average Bonchev–Trinajstić information content (AvgIpc) is 2.72. The van der Waals surface area contributed by atoms with Gasteiger partial charge in [0.15, 0.2) is 0 Å². The first kappa shape index (κ1) is 19.1. The van der Waals surface area contributed by atoms with E-state index in [1.807, 2.05) is 31.2 Å². The van der Waals surface area contributed by atoms with Gasteiger partial charge in [0.2, 0.25) is 0 Å². The van der Waals surface area contributed by atoms with Gasteiger partial charge in [-0.3, -0.25) is 4.98 Å². The van der Waals surface area contributed by atoms with Crippen molar-refractivity contribution in [2.45, 2.75) is 19.6 Å². The van der Waals surface area contributed by atoms with Crippen LogP contribution in [0, 0.1) is 18.3 Å². The van der Waals surface area contributed by atoms with Crippen LogP contribution in [-0.4, -0.2) is 31.3 Å². The number of anilines is 1. The van der Waals surface area contributed by atoms with Crippen molar-refractivity contribution in [1.82, 2.24) is 4.98 Å². The van der Waals surface area contributed by atoms with E-state index in [0.717, 1.165) is 11.1 Å². The summed E-state index contributed by atoms with van der Waals surface area (Å²) >= 11 is 0. The molecule has 4 rings (SSSR count). The van der Waals surface area contributed by atoms with Gasteiger partial charge in [0, 0.05) is 24.7 Å². The van der Waals surface area contributed by atoms with Gasteiger partial charge in [-0.05, 0) is 36.2 Å². The number of aromatic nitrogens is 1. The van der Waals surface area contributed by atoms with E-state index >= 15 is 0 Å². The molecule has 0 N–H and O–H groups in total. The average molecular weight is 395 g/mol. The summed E-state index contributed by atoms with van der Waals surface area (Å²) in [5.41, 5.74) is 3.89. The van der Waals surface area contributed by atoms with E-state index in [1.165, 1.54) is 18.3 Å². The lowest BCUT2D eigenvalue weighted by atomic mass is 10.0. The van der Waals surface area contributed by atoms with E-state index in [4.69, 9.17) is 4.74 Å². The number of aryl methyl sites for hydroxylation is 1. The fourth-order valence-corrected chi connectivity index (χ4v) is 3.74. The maximum atomic E-state index is 12.7. The van der Waals surface area contributed by atoms with Gasteiger partial charge < -0.3 is 14.4 Å². The second-order valence-corrected chi connectivity index (χ2v) is 6.85. The number of pyridine rings is 1. The molecule has 0 spiro atoms. The largest absolute Gasteiger partial charge is 0.435 e. The number of nitriles is 1. The molecular weight excluding hydrogens is 376 g/mol. The molecule has 2 heterocycles. The molecule has 1 saturated heterocycles. The maximum absolute atomic E-state index is 12.7. The summed E-state index contributed by atoms with van der Waals surface area (Å²) in [7, 11) is 0. The van der Waals surface area contributed by atoms with Crippen molar-refractivity contribution < 1.29 is 18.3 Å². The highest BCUT2D eigenvalue weighted by Crippen LogP contribution is 2.35. The maximum Gasteiger partial charge on any atom is 0.387 e. The second-order valence-electron chi connectivity index (χ2n) is 6.85. The normalized spacial score (nSPS) is 16.8. The molecule has 1 aliphatic heterocycles. The molecule has 1 atom stereocenters. The lowest BCUT2D eigenvalue weighted by Gasteiger charge is -2.36. The Kier molecular flexibility index (Phi) is 5.28. The number of ether oxygens (including phenoxy) is 2. The van der Waals surface area contributed by atoms with Gasteiger partial charge in [-0.2, -0.15) is 14.0 Å². The number of rotatable bonds is 4. The lowest BCUT2D eigenvalue weighted by molar-refractivity contribution is -0.0497. The van der Waals surface area contributed by atoms with E-state index in [1.54, 1.807) is 6.07 Å². The Labute approximate surface area is 167 Å². The number of morpholine rings is 1. The van der Waals surface area contributed by atoms with Crippen molar-refractivity contribution in [2.75, 3.05) is 24.6 Å². The van der Waals surface area contributed by atoms with Gasteiger partial charge in [-0.15, -0.1) is 0 Å². The number of benzene rings is 2. The highest BCUT2D eigenvalue weighted by molar-refractivity contribution is 5.95. The monoisotopic (exact) mass is 395 g/mol. The molecular formula is C22H19F2N3O2. The van der Waals surface area contributed by atoms with Crippen LogP contribution in [0.25, 0.3) is 10.9 Å². The topological polar surface area (TPSA) is 58.4 Å². The highest BCUT2D eigenvalue weighted by Gasteiger charge is 2.26. The van der Waals surface area contributed by atoms with Crippen LogP contribution in [0.1, 0.15) is 22.8 Å². The molecule has 2 aromatic carbocycles. The minimum absolute atomic E-state index is 0.0364. The molecule has 0 saturated carbocycles. The Balaban J connectivity index is 1.77. The molecule has 29 heavy (non-hydrogen) atoms. The number of hydrogen-bond donors (Lipinski definition) is 0. The van der Waals surface area contributed by atoms with Gasteiger partial charge in [0.05, 0.1) is 23.4 Å². The third-order valence-electron chi connectivity index (χ3n) is 5.07. The van der Waals surface area contributed by atoms with Crippen LogP contribution in [0.15, 0.2) is 48.7 Å². The predicted molar refractivity (Wildman–Crippen MR) is 105 cm³/mol. The Morgan fingerprint density at radius 2 is 2.10 bits per heavy atom. The van der Waals surface area contributed by atoms with Gasteiger partial charge in [-0.25, -0.2) is 0 Å². The highest BCUT2D eigenvalue weighted by atomic mass is 19.3. The number of alkyl halides is 2. The second kappa shape index (κ2) is 8.02. The predicted octanol–water partition coefficient (Wildman–Crippen LogP) is 4.59. The molecule has 1 unspecified atom stereocenters. The van der Waals surface area contributed by atoms with Crippen LogP contribution < -0.4 is 9.64 Å². The quantitative estimate of drug-likeness (QED) is 0.647. The number of hydrogen-bond acceptors (Lipinski definition) is 5. The number of nitrogens with zero attached hydrogens (tertiary/aromatic N) is 3. The number of halogens is 2. The van der Waals surface area contributed by atoms with Crippen LogP contribution >= 0.6 is 0 Å². The van der Waals surface area contributed by atoms with Crippen molar-refractivity contribution >= 4 is 16.6 Å². The molecule has 0 aliphatic carbocycles. The molecule has 5 nitrogen and oxygen atoms in total. The zero-order valence-electron chi connectivity index (χ0n) is 15.8. The smallest absolute Gasteiger partial charge is 0.387 e. The molecule has 7 heteroatoms. The summed E-state index contributed by atoms with van der Waals surface area (Å²) in [6.45, 7) is 0.723. The van der Waals surface area contributed by atoms with Crippen LogP contribution in [0.3, 0.4) is 0 Å². The summed E-state index contributed by atoms with van der Waals surface area (Å²) in [4.78, 5) is 6.36. The fourth-order valence-electron chi connectivity index (χ4n) is 3.74. The fraction of sp³-hybridized carbons (Fsp3) is 0.273. The van der Waals surface area contributed by atoms with Crippen molar-refractivity contribution in [3.63, 3.8) is 0 Å². The zero-order valence-corrected chi connectivity index (χ0v) is 15.8. The molecule has 0 bridgehead atoms. The molecule has 0 amide bonds. The van der Waals surface area contributed by atoms with Gasteiger partial charge >= 0.3 is 6.61 Å². The first-order chi connectivity index (χ1) is 14.1. The van der Waals surface area contributed by atoms with Crippen LogP contribution in [-0.2, 0) is 4.74 Å². The van der Waals surface area contributed by atoms with E-state index in [2.05, 4.69) is 20.7 Å². The first-order valence-corrected chi connectivity index (χ1v) is 9.26. The Hall–Kier alpha value is -3.24. The third-order valence-corrected chi connectivity index (χ3v) is 5.07. The zero-order chi connectivity index (χ0) is 20.4. The van der Waals surface area contributed by atoms with Crippen molar-refractivity contribution in [3.05, 3.63) is 65.4 Å². The van der Waals surface area contributed by atoms with E-state index in [0.29, 0.717) is 41.9 Å². The van der Waals surface area contributed by atoms with Crippen molar-refractivity contribution in [1.29, 1.82) is 5.26 Å². The Bertz CT molecular complexity index is 1080. The molecule has 1 aromatic heterocycles. The third kappa shape index (κ3) is 3.84. The van der Waals surface area contributed by atoms with Crippen LogP contribution in [0.5, 0.6) is 5.75 Å². The summed E-state index contributed by atoms with van der Waals surface area (Å²) in [5, 5.41) is 10.3. The Morgan fingerprint density at radius 1 is 1.28 bits per heavy atom. The molecule has 1 aliphatic rings. The van der Waals surface area contributed by atoms with Crippen LogP contribution in [0.4, 0.5) is 14.5 Å². The Morgan fingerprint density at radius 3 is 2.86 bits per heavy atom. The summed E-state index contributed by atoms with van der Waals surface area (Å²) in [5.74, 6) is 0.0364. The van der Waals surface area contributed by atoms with Gasteiger partial charge in [-0.1, -0.05) is 24.3 Å². The van der Waals surface area contributed by atoms with E-state index < -0.39 is 6.61 Å². The molecule has 0 radical (unpaired) electrons. The van der Waals surface area contributed by atoms with E-state index in [-0.39, 0.29) is 11.9 Å². The van der Waals surface area contributed by atoms with Crippen LogP contribution in [0.2, 0.25) is 0 Å². The van der Waals surface area contributed by atoms with Gasteiger partial charge in [0.1, 0.15) is 17.9 Å². The summed E-state index contributed by atoms with van der Waals surface area (Å²) < 4.78 is 35.9. The minimum Gasteiger partial charge on any atom is -0.435 e. The standard InChI is InChI=1S/C22H19F2N3O2/c1-14-4-2-3-5-17(14)20-13-27(8-9-28-20)21-15(11-25)12-26-19-7-6-16(10-18(19)21)29-22(23)24/h2-7,10,12,20,22H,8-9,13H2,1H3. The van der Waals surface area contributed by atoms with E-state index in [9.17, 15) is 14.0 Å². The SMILES string of the molecule is Cc1ccccc1C1CN(c2c(C#N)cnc3ccc(OC(F)F)cc23)CCO1. The van der Waals surface area contributed by atoms with Crippen molar-refractivity contribution in [2.24, 2.45) is 0 Å². The first-order valence-electron chi connectivity index (χ1n) is 9.26. The lowest BCUT2D eigenvalue weighted by Crippen LogP contribution is -2.39. The minimum atomic E-state index is -2.92. The number of fused-ring (bicyclic) bond motifs is 1. The van der Waals surface area contributed by atoms with Crippen molar-refractivity contribution in [3.8, 4) is 11.8 Å². The molecule has 1 fully saturated rings. The summed E-state index contributed by atoms with van der Waals surface area (Å²) in [6, 6.07) is 14.8. The molecule has 148 valence electrons. The summed E-state index contributed by atoms with van der Waals surface area (Å²) in [6.07, 6.45) is 1.36. The van der Waals surface area contributed by atoms with Gasteiger partial charge in [0.25, 0.3) is 0 Å².